The van der Waals surface area contributed by atoms with E-state index in [1.165, 1.54) is 13.1 Å². The topological polar surface area (TPSA) is 113 Å². The maximum atomic E-state index is 12.7. The average molecular weight is 407 g/mol. The summed E-state index contributed by atoms with van der Waals surface area (Å²) in [7, 11) is 0. The number of rotatable bonds is 4. The number of hydrogen-bond donors (Lipinski definition) is 1. The van der Waals surface area contributed by atoms with Gasteiger partial charge in [-0.15, -0.1) is 0 Å². The summed E-state index contributed by atoms with van der Waals surface area (Å²) < 4.78 is 0.980. The fraction of sp³-hybridized carbons (Fsp3) is 0.100. The summed E-state index contributed by atoms with van der Waals surface area (Å²) in [6, 6.07) is 12.0. The molecular formula is C20H15ClN6O2. The molecule has 144 valence electrons. The number of aryl methyl sites for hydroxylation is 1. The lowest BCUT2D eigenvalue weighted by molar-refractivity contribution is 0.0947. The molecule has 0 aliphatic heterocycles. The lowest BCUT2D eigenvalue weighted by atomic mass is 10.1. The van der Waals surface area contributed by atoms with Crippen molar-refractivity contribution < 1.29 is 4.79 Å². The number of carbonyl (C=O) groups is 1. The van der Waals surface area contributed by atoms with Crippen molar-refractivity contribution in [1.82, 2.24) is 20.2 Å². The van der Waals surface area contributed by atoms with E-state index in [4.69, 9.17) is 11.6 Å². The molecule has 0 aliphatic rings. The largest absolute Gasteiger partial charge is 0.292 e. The normalized spacial score (nSPS) is 10.7. The van der Waals surface area contributed by atoms with E-state index >= 15 is 0 Å². The summed E-state index contributed by atoms with van der Waals surface area (Å²) in [6.07, 6.45) is 2.96. The zero-order valence-electron chi connectivity index (χ0n) is 15.5. The number of hydrogen-bond acceptors (Lipinski definition) is 6. The third kappa shape index (κ3) is 4.20. The first kappa shape index (κ1) is 19.9. The molecule has 1 N–H and O–H groups in total. The lowest BCUT2D eigenvalue weighted by Crippen LogP contribution is -2.31. The average Bonchev–Trinajstić information content (AvgIpc) is 2.71. The summed E-state index contributed by atoms with van der Waals surface area (Å²) in [4.78, 5) is 29.3. The highest BCUT2D eigenvalue weighted by Gasteiger charge is 2.20. The van der Waals surface area contributed by atoms with Gasteiger partial charge in [0.05, 0.1) is 17.6 Å². The molecule has 1 aromatic carbocycles. The van der Waals surface area contributed by atoms with Crippen molar-refractivity contribution in [2.24, 2.45) is 5.10 Å². The number of amides is 1. The maximum absolute atomic E-state index is 12.7. The third-order valence-electron chi connectivity index (χ3n) is 4.11. The van der Waals surface area contributed by atoms with Crippen LogP contribution in [-0.4, -0.2) is 26.9 Å². The molecule has 0 aliphatic carbocycles. The van der Waals surface area contributed by atoms with Crippen LogP contribution >= 0.6 is 11.6 Å². The summed E-state index contributed by atoms with van der Waals surface area (Å²) in [5.74, 6) is -0.668. The van der Waals surface area contributed by atoms with Gasteiger partial charge in [0.15, 0.2) is 5.69 Å². The van der Waals surface area contributed by atoms with Crippen molar-refractivity contribution in [1.29, 1.82) is 5.26 Å². The molecule has 0 saturated heterocycles. The van der Waals surface area contributed by atoms with Crippen molar-refractivity contribution in [2.75, 3.05) is 0 Å². The third-order valence-corrected chi connectivity index (χ3v) is 4.52. The van der Waals surface area contributed by atoms with Gasteiger partial charge in [-0.05, 0) is 43.7 Å². The molecule has 1 amide bonds. The first-order valence-electron chi connectivity index (χ1n) is 8.47. The Labute approximate surface area is 171 Å². The van der Waals surface area contributed by atoms with Crippen LogP contribution in [0.4, 0.5) is 0 Å². The Bertz CT molecular complexity index is 1210. The summed E-state index contributed by atoms with van der Waals surface area (Å²) in [5.41, 5.74) is 3.28. The zero-order chi connectivity index (χ0) is 21.0. The zero-order valence-corrected chi connectivity index (χ0v) is 16.3. The predicted octanol–water partition coefficient (Wildman–Crippen LogP) is 2.53. The highest BCUT2D eigenvalue weighted by Crippen LogP contribution is 2.19. The van der Waals surface area contributed by atoms with Gasteiger partial charge < -0.3 is 0 Å². The van der Waals surface area contributed by atoms with Crippen molar-refractivity contribution >= 4 is 23.7 Å². The van der Waals surface area contributed by atoms with E-state index in [1.807, 2.05) is 13.0 Å². The number of nitrogens with zero attached hydrogens (tertiary/aromatic N) is 5. The van der Waals surface area contributed by atoms with Gasteiger partial charge in [0, 0.05) is 16.8 Å². The molecule has 0 radical (unpaired) electrons. The van der Waals surface area contributed by atoms with Gasteiger partial charge in [-0.1, -0.05) is 23.7 Å². The molecular weight excluding hydrogens is 392 g/mol. The fourth-order valence-electron chi connectivity index (χ4n) is 2.50. The first-order chi connectivity index (χ1) is 13.9. The van der Waals surface area contributed by atoms with E-state index in [0.717, 1.165) is 10.2 Å². The molecule has 3 aromatic rings. The quantitative estimate of drug-likeness (QED) is 0.528. The van der Waals surface area contributed by atoms with Crippen molar-refractivity contribution in [2.45, 2.75) is 13.8 Å². The standard InChI is InChI=1S/C20H15ClN6O2/c1-12-6-7-15(9-17(12)21)27-20(29)16(10-22)13(2)18(26-27)19(28)25-24-11-14-5-3-4-8-23-14/h3-9,11H,1-2H3,(H,25,28)/b24-11-. The van der Waals surface area contributed by atoms with Crippen LogP contribution in [0.2, 0.25) is 5.02 Å². The van der Waals surface area contributed by atoms with Crippen LogP contribution < -0.4 is 11.0 Å². The van der Waals surface area contributed by atoms with E-state index in [9.17, 15) is 14.9 Å². The van der Waals surface area contributed by atoms with E-state index in [1.54, 1.807) is 42.6 Å². The molecule has 0 fully saturated rings. The number of hydrazone groups is 1. The Balaban J connectivity index is 2.01. The van der Waals surface area contributed by atoms with Gasteiger partial charge in [0.25, 0.3) is 11.5 Å². The Hall–Kier alpha value is -3.83. The molecule has 3 rings (SSSR count). The van der Waals surface area contributed by atoms with Crippen LogP contribution in [0.1, 0.15) is 32.9 Å². The van der Waals surface area contributed by atoms with Crippen molar-refractivity contribution in [3.05, 3.63) is 86.0 Å². The minimum Gasteiger partial charge on any atom is -0.266 e. The van der Waals surface area contributed by atoms with E-state index < -0.39 is 11.5 Å². The Morgan fingerprint density at radius 1 is 1.31 bits per heavy atom. The highest BCUT2D eigenvalue weighted by atomic mass is 35.5. The minimum absolute atomic E-state index is 0.101. The first-order valence-corrected chi connectivity index (χ1v) is 8.85. The molecule has 9 heteroatoms. The van der Waals surface area contributed by atoms with Crippen LogP contribution in [-0.2, 0) is 0 Å². The van der Waals surface area contributed by atoms with Crippen LogP contribution in [0.25, 0.3) is 5.69 Å². The second-order valence-corrected chi connectivity index (χ2v) is 6.47. The minimum atomic E-state index is -0.668. The van der Waals surface area contributed by atoms with Crippen molar-refractivity contribution in [3.8, 4) is 11.8 Å². The molecule has 29 heavy (non-hydrogen) atoms. The summed E-state index contributed by atoms with van der Waals surface area (Å²) in [5, 5.41) is 17.8. The Kier molecular flexibility index (Phi) is 5.81. The number of nitrogens with one attached hydrogen (secondary N) is 1. The van der Waals surface area contributed by atoms with Crippen molar-refractivity contribution in [3.63, 3.8) is 0 Å². The second kappa shape index (κ2) is 8.46. The second-order valence-electron chi connectivity index (χ2n) is 6.06. The number of carbonyl (C=O) groups excluding carboxylic acids is 1. The van der Waals surface area contributed by atoms with Gasteiger partial charge in [-0.25, -0.2) is 5.43 Å². The Morgan fingerprint density at radius 2 is 2.10 bits per heavy atom. The predicted molar refractivity (Wildman–Crippen MR) is 108 cm³/mol. The smallest absolute Gasteiger partial charge is 0.266 e. The molecule has 0 bridgehead atoms. The number of aromatic nitrogens is 3. The van der Waals surface area contributed by atoms with E-state index in [2.05, 4.69) is 20.6 Å². The van der Waals surface area contributed by atoms with Gasteiger partial charge in [0.2, 0.25) is 0 Å². The summed E-state index contributed by atoms with van der Waals surface area (Å²) >= 11 is 6.14. The molecule has 0 unspecified atom stereocenters. The van der Waals surface area contributed by atoms with E-state index in [0.29, 0.717) is 16.4 Å². The van der Waals surface area contributed by atoms with Crippen LogP contribution in [0.5, 0.6) is 0 Å². The van der Waals surface area contributed by atoms with Gasteiger partial charge in [-0.3, -0.25) is 14.6 Å². The molecule has 2 aromatic heterocycles. The van der Waals surface area contributed by atoms with Crippen LogP contribution in [0.15, 0.2) is 52.5 Å². The van der Waals surface area contributed by atoms with Crippen LogP contribution in [0, 0.1) is 25.2 Å². The maximum Gasteiger partial charge on any atom is 0.292 e. The molecule has 0 atom stereocenters. The van der Waals surface area contributed by atoms with Gasteiger partial charge >= 0.3 is 0 Å². The molecule has 0 spiro atoms. The van der Waals surface area contributed by atoms with Gasteiger partial charge in [0.1, 0.15) is 11.6 Å². The molecule has 8 nitrogen and oxygen atoms in total. The summed E-state index contributed by atoms with van der Waals surface area (Å²) in [6.45, 7) is 3.30. The number of benzene rings is 1. The Morgan fingerprint density at radius 3 is 2.76 bits per heavy atom. The van der Waals surface area contributed by atoms with Crippen LogP contribution in [0.3, 0.4) is 0 Å². The molecule has 2 heterocycles. The number of nitriles is 1. The highest BCUT2D eigenvalue weighted by molar-refractivity contribution is 6.31. The SMILES string of the molecule is Cc1ccc(-n2nc(C(=O)N/N=C\c3ccccn3)c(C)c(C#N)c2=O)cc1Cl. The fourth-order valence-corrected chi connectivity index (χ4v) is 2.68. The van der Waals surface area contributed by atoms with Gasteiger partial charge in [-0.2, -0.15) is 20.1 Å². The molecule has 0 saturated carbocycles. The number of halogens is 1. The van der Waals surface area contributed by atoms with E-state index in [-0.39, 0.29) is 16.8 Å². The lowest BCUT2D eigenvalue weighted by Gasteiger charge is -2.11. The number of pyridine rings is 1. The monoisotopic (exact) mass is 406 g/mol.